The van der Waals surface area contributed by atoms with Gasteiger partial charge in [0.1, 0.15) is 5.83 Å². The van der Waals surface area contributed by atoms with Crippen molar-refractivity contribution in [3.8, 4) is 0 Å². The molecule has 0 heterocycles. The molecule has 2 saturated carbocycles. The molecule has 0 radical (unpaired) electrons. The quantitative estimate of drug-likeness (QED) is 0.303. The molecular weight excluding hydrogens is 388 g/mol. The Balaban J connectivity index is 1.43. The molecule has 2 aliphatic carbocycles. The molecule has 4 heteroatoms. The number of rotatable bonds is 7. The molecule has 0 saturated heterocycles. The highest BCUT2D eigenvalue weighted by atomic mass is 19.4. The second-order valence-electron chi connectivity index (χ2n) is 9.49. The van der Waals surface area contributed by atoms with Gasteiger partial charge in [0, 0.05) is 5.92 Å². The predicted octanol–water partition coefficient (Wildman–Crippen LogP) is 8.92. The van der Waals surface area contributed by atoms with E-state index in [0.717, 1.165) is 12.8 Å². The van der Waals surface area contributed by atoms with Crippen LogP contribution in [-0.2, 0) is 6.42 Å². The summed E-state index contributed by atoms with van der Waals surface area (Å²) in [4.78, 5) is 0. The lowest BCUT2D eigenvalue weighted by molar-refractivity contribution is -0.0821. The van der Waals surface area contributed by atoms with Gasteiger partial charge in [0.15, 0.2) is 0 Å². The number of allylic oxidation sites excluding steroid dienone is 2. The van der Waals surface area contributed by atoms with Gasteiger partial charge in [-0.05, 0) is 93.1 Å². The Morgan fingerprint density at radius 2 is 1.43 bits per heavy atom. The third kappa shape index (κ3) is 6.85. The lowest BCUT2D eigenvalue weighted by atomic mass is 9.68. The van der Waals surface area contributed by atoms with E-state index in [4.69, 9.17) is 0 Å². The minimum atomic E-state index is -4.55. The first kappa shape index (κ1) is 23.3. The molecule has 30 heavy (non-hydrogen) atoms. The van der Waals surface area contributed by atoms with Crippen LogP contribution in [0.2, 0.25) is 0 Å². The van der Waals surface area contributed by atoms with Crippen LogP contribution in [0.3, 0.4) is 0 Å². The van der Waals surface area contributed by atoms with Gasteiger partial charge in [-0.15, -0.1) is 0 Å². The van der Waals surface area contributed by atoms with Gasteiger partial charge in [0.25, 0.3) is 0 Å². The van der Waals surface area contributed by atoms with Crippen LogP contribution < -0.4 is 0 Å². The summed E-state index contributed by atoms with van der Waals surface area (Å²) in [5.41, 5.74) is 2.89. The van der Waals surface area contributed by atoms with Crippen LogP contribution in [-0.4, -0.2) is 6.18 Å². The first-order valence-corrected chi connectivity index (χ1v) is 11.9. The van der Waals surface area contributed by atoms with Gasteiger partial charge >= 0.3 is 6.18 Å². The van der Waals surface area contributed by atoms with Crippen molar-refractivity contribution in [2.75, 3.05) is 0 Å². The molecule has 0 unspecified atom stereocenters. The highest BCUT2D eigenvalue weighted by molar-refractivity contribution is 5.26. The minimum absolute atomic E-state index is 0.141. The highest BCUT2D eigenvalue weighted by Gasteiger charge is 2.34. The summed E-state index contributed by atoms with van der Waals surface area (Å²) in [6.45, 7) is 2.23. The molecule has 1 aromatic carbocycles. The molecule has 3 rings (SSSR count). The zero-order valence-corrected chi connectivity index (χ0v) is 18.2. The summed E-state index contributed by atoms with van der Waals surface area (Å²) < 4.78 is 51.0. The average molecular weight is 425 g/mol. The number of unbranched alkanes of at least 4 members (excludes halogenated alkanes) is 2. The molecule has 0 nitrogen and oxygen atoms in total. The van der Waals surface area contributed by atoms with Crippen molar-refractivity contribution in [2.24, 2.45) is 17.8 Å². The lowest BCUT2D eigenvalue weighted by Crippen LogP contribution is -2.26. The van der Waals surface area contributed by atoms with Crippen LogP contribution in [0, 0.1) is 17.8 Å². The molecule has 0 N–H and O–H groups in total. The summed E-state index contributed by atoms with van der Waals surface area (Å²) in [7, 11) is 0. The normalized spacial score (nSPS) is 28.5. The average Bonchev–Trinajstić information content (AvgIpc) is 2.73. The summed E-state index contributed by atoms with van der Waals surface area (Å²) in [6.07, 6.45) is 7.92. The van der Waals surface area contributed by atoms with Crippen LogP contribution in [0.4, 0.5) is 17.6 Å². The van der Waals surface area contributed by atoms with E-state index >= 15 is 0 Å². The van der Waals surface area contributed by atoms with Crippen molar-refractivity contribution in [3.63, 3.8) is 0 Å². The largest absolute Gasteiger partial charge is 0.412 e. The second kappa shape index (κ2) is 10.8. The maximum Gasteiger partial charge on any atom is 0.412 e. The van der Waals surface area contributed by atoms with E-state index in [-0.39, 0.29) is 6.08 Å². The van der Waals surface area contributed by atoms with Gasteiger partial charge in [0.2, 0.25) is 0 Å². The SMILES string of the molecule is CCCCCc1ccc(C2CCC(C3CCC(/C(F)=C/C(F)(F)F)CC3)CC2)cc1. The predicted molar refractivity (Wildman–Crippen MR) is 115 cm³/mol. The molecule has 0 amide bonds. The minimum Gasteiger partial charge on any atom is -0.212 e. The van der Waals surface area contributed by atoms with Gasteiger partial charge in [-0.1, -0.05) is 44.0 Å². The van der Waals surface area contributed by atoms with E-state index in [1.165, 1.54) is 62.5 Å². The Morgan fingerprint density at radius 3 is 1.97 bits per heavy atom. The summed E-state index contributed by atoms with van der Waals surface area (Å²) in [5, 5.41) is 0. The molecule has 2 aliphatic rings. The number of hydrogen-bond acceptors (Lipinski definition) is 0. The van der Waals surface area contributed by atoms with E-state index in [2.05, 4.69) is 31.2 Å². The summed E-state index contributed by atoms with van der Waals surface area (Å²) >= 11 is 0. The van der Waals surface area contributed by atoms with Crippen molar-refractivity contribution < 1.29 is 17.6 Å². The van der Waals surface area contributed by atoms with Crippen LogP contribution in [0.1, 0.15) is 94.6 Å². The van der Waals surface area contributed by atoms with Gasteiger partial charge in [-0.25, -0.2) is 4.39 Å². The number of alkyl halides is 3. The molecule has 0 atom stereocenters. The van der Waals surface area contributed by atoms with Crippen molar-refractivity contribution in [3.05, 3.63) is 47.3 Å². The Hall–Kier alpha value is -1.32. The molecule has 0 aromatic heterocycles. The Morgan fingerprint density at radius 1 is 0.867 bits per heavy atom. The molecule has 0 bridgehead atoms. The highest BCUT2D eigenvalue weighted by Crippen LogP contribution is 2.45. The molecule has 168 valence electrons. The fourth-order valence-corrected chi connectivity index (χ4v) is 5.60. The molecular formula is C26H36F4. The lowest BCUT2D eigenvalue weighted by Gasteiger charge is -2.37. The fourth-order valence-electron chi connectivity index (χ4n) is 5.60. The number of aryl methyl sites for hydroxylation is 1. The van der Waals surface area contributed by atoms with E-state index < -0.39 is 17.9 Å². The van der Waals surface area contributed by atoms with Crippen molar-refractivity contribution in [1.29, 1.82) is 0 Å². The third-order valence-electron chi connectivity index (χ3n) is 7.42. The first-order chi connectivity index (χ1) is 14.4. The number of halogens is 4. The van der Waals surface area contributed by atoms with Gasteiger partial charge in [0.05, 0.1) is 6.08 Å². The van der Waals surface area contributed by atoms with E-state index in [1.807, 2.05) is 0 Å². The van der Waals surface area contributed by atoms with Gasteiger partial charge in [-0.2, -0.15) is 13.2 Å². The van der Waals surface area contributed by atoms with Gasteiger partial charge in [-0.3, -0.25) is 0 Å². The van der Waals surface area contributed by atoms with Crippen molar-refractivity contribution in [1.82, 2.24) is 0 Å². The van der Waals surface area contributed by atoms with Crippen LogP contribution in [0.15, 0.2) is 36.2 Å². The van der Waals surface area contributed by atoms with Crippen molar-refractivity contribution >= 4 is 0 Å². The Bertz CT molecular complexity index is 657. The molecule has 2 fully saturated rings. The maximum atomic E-state index is 13.8. The fraction of sp³-hybridized carbons (Fsp3) is 0.692. The summed E-state index contributed by atoms with van der Waals surface area (Å²) in [5.74, 6) is 0.347. The number of benzene rings is 1. The Kier molecular flexibility index (Phi) is 8.42. The molecule has 0 spiro atoms. The zero-order chi connectivity index (χ0) is 21.6. The monoisotopic (exact) mass is 424 g/mol. The van der Waals surface area contributed by atoms with Crippen LogP contribution in [0.25, 0.3) is 0 Å². The zero-order valence-electron chi connectivity index (χ0n) is 18.2. The van der Waals surface area contributed by atoms with Crippen LogP contribution in [0.5, 0.6) is 0 Å². The van der Waals surface area contributed by atoms with E-state index in [1.54, 1.807) is 0 Å². The van der Waals surface area contributed by atoms with E-state index in [0.29, 0.717) is 30.6 Å². The summed E-state index contributed by atoms with van der Waals surface area (Å²) in [6, 6.07) is 9.21. The van der Waals surface area contributed by atoms with Crippen molar-refractivity contribution in [2.45, 2.75) is 96.1 Å². The first-order valence-electron chi connectivity index (χ1n) is 11.9. The maximum absolute atomic E-state index is 13.8. The molecule has 1 aromatic rings. The second-order valence-corrected chi connectivity index (χ2v) is 9.49. The van der Waals surface area contributed by atoms with E-state index in [9.17, 15) is 17.6 Å². The van der Waals surface area contributed by atoms with Gasteiger partial charge < -0.3 is 0 Å². The third-order valence-corrected chi connectivity index (χ3v) is 7.42. The van der Waals surface area contributed by atoms with Crippen LogP contribution >= 0.6 is 0 Å². The number of hydrogen-bond donors (Lipinski definition) is 0. The smallest absolute Gasteiger partial charge is 0.212 e. The molecule has 0 aliphatic heterocycles. The standard InChI is InChI=1S/C26H36F4/c1-2-3-4-5-19-6-8-20(9-7-19)21-10-12-22(13-11-21)23-14-16-24(17-15-23)25(27)18-26(28,29)30/h6-9,18,21-24H,2-5,10-17H2,1H3/b25-18-. The topological polar surface area (TPSA) is 0 Å². The Labute approximate surface area is 179 Å².